The standard InChI is InChI=1S/C12H24N2O2/c1-12(2,11(15)16-4)9-13-10-5-7-14(3)8-6-10/h10,13H,5-9H2,1-4H3. The van der Waals surface area contributed by atoms with Crippen molar-refractivity contribution in [3.05, 3.63) is 0 Å². The van der Waals surface area contributed by atoms with Gasteiger partial charge < -0.3 is 15.0 Å². The van der Waals surface area contributed by atoms with Gasteiger partial charge in [0.05, 0.1) is 12.5 Å². The molecule has 1 heterocycles. The molecule has 0 bridgehead atoms. The van der Waals surface area contributed by atoms with Crippen molar-refractivity contribution in [1.29, 1.82) is 0 Å². The van der Waals surface area contributed by atoms with Crippen molar-refractivity contribution in [1.82, 2.24) is 10.2 Å². The summed E-state index contributed by atoms with van der Waals surface area (Å²) in [6.45, 7) is 6.79. The van der Waals surface area contributed by atoms with Gasteiger partial charge in [-0.1, -0.05) is 0 Å². The molecule has 1 aliphatic rings. The van der Waals surface area contributed by atoms with E-state index in [0.717, 1.165) is 25.9 Å². The minimum Gasteiger partial charge on any atom is -0.469 e. The van der Waals surface area contributed by atoms with E-state index in [1.807, 2.05) is 13.8 Å². The van der Waals surface area contributed by atoms with Crippen molar-refractivity contribution in [3.63, 3.8) is 0 Å². The Kier molecular flexibility index (Phi) is 4.74. The number of hydrogen-bond acceptors (Lipinski definition) is 4. The van der Waals surface area contributed by atoms with E-state index in [1.54, 1.807) is 0 Å². The zero-order valence-corrected chi connectivity index (χ0v) is 10.9. The molecule has 0 aromatic carbocycles. The van der Waals surface area contributed by atoms with E-state index in [0.29, 0.717) is 12.6 Å². The number of ether oxygens (including phenoxy) is 1. The molecule has 4 nitrogen and oxygen atoms in total. The molecular formula is C12H24N2O2. The summed E-state index contributed by atoms with van der Waals surface area (Å²) < 4.78 is 4.78. The fourth-order valence-corrected chi connectivity index (χ4v) is 1.96. The topological polar surface area (TPSA) is 41.6 Å². The van der Waals surface area contributed by atoms with Crippen LogP contribution < -0.4 is 5.32 Å². The van der Waals surface area contributed by atoms with Gasteiger partial charge >= 0.3 is 5.97 Å². The summed E-state index contributed by atoms with van der Waals surface area (Å²) in [6.07, 6.45) is 2.32. The first-order chi connectivity index (χ1) is 7.45. The lowest BCUT2D eigenvalue weighted by Crippen LogP contribution is -2.46. The lowest BCUT2D eigenvalue weighted by molar-refractivity contribution is -0.150. The highest BCUT2D eigenvalue weighted by Gasteiger charge is 2.29. The molecular weight excluding hydrogens is 204 g/mol. The second-order valence-corrected chi connectivity index (χ2v) is 5.33. The van der Waals surface area contributed by atoms with Gasteiger partial charge in [0.25, 0.3) is 0 Å². The van der Waals surface area contributed by atoms with Crippen LogP contribution in [0.3, 0.4) is 0 Å². The van der Waals surface area contributed by atoms with E-state index < -0.39 is 5.41 Å². The van der Waals surface area contributed by atoms with Gasteiger partial charge in [-0.3, -0.25) is 4.79 Å². The number of likely N-dealkylation sites (tertiary alicyclic amines) is 1. The molecule has 1 rings (SSSR count). The maximum atomic E-state index is 11.5. The molecule has 0 unspecified atom stereocenters. The second kappa shape index (κ2) is 5.64. The number of nitrogens with zero attached hydrogens (tertiary/aromatic N) is 1. The highest BCUT2D eigenvalue weighted by Crippen LogP contribution is 2.17. The molecule has 1 N–H and O–H groups in total. The highest BCUT2D eigenvalue weighted by molar-refractivity contribution is 5.76. The molecule has 0 spiro atoms. The Morgan fingerprint density at radius 3 is 2.50 bits per heavy atom. The van der Waals surface area contributed by atoms with Crippen LogP contribution in [-0.4, -0.2) is 50.7 Å². The molecule has 1 fully saturated rings. The third-order valence-electron chi connectivity index (χ3n) is 3.29. The maximum Gasteiger partial charge on any atom is 0.312 e. The van der Waals surface area contributed by atoms with E-state index in [2.05, 4.69) is 17.3 Å². The van der Waals surface area contributed by atoms with Crippen molar-refractivity contribution in [2.45, 2.75) is 32.7 Å². The summed E-state index contributed by atoms with van der Waals surface area (Å²) in [5.74, 6) is -0.145. The van der Waals surface area contributed by atoms with Crippen LogP contribution in [0, 0.1) is 5.41 Å². The van der Waals surface area contributed by atoms with Crippen molar-refractivity contribution in [2.24, 2.45) is 5.41 Å². The van der Waals surface area contributed by atoms with Crippen LogP contribution in [0.15, 0.2) is 0 Å². The van der Waals surface area contributed by atoms with Crippen LogP contribution in [-0.2, 0) is 9.53 Å². The minimum atomic E-state index is -0.432. The second-order valence-electron chi connectivity index (χ2n) is 5.33. The number of methoxy groups -OCH3 is 1. The lowest BCUT2D eigenvalue weighted by Gasteiger charge is -2.32. The number of piperidine rings is 1. The van der Waals surface area contributed by atoms with Crippen molar-refractivity contribution >= 4 is 5.97 Å². The Hall–Kier alpha value is -0.610. The van der Waals surface area contributed by atoms with E-state index in [-0.39, 0.29) is 5.97 Å². The van der Waals surface area contributed by atoms with Crippen LogP contribution in [0.25, 0.3) is 0 Å². The predicted octanol–water partition coefficient (Wildman–Crippen LogP) is 0.869. The zero-order chi connectivity index (χ0) is 12.2. The van der Waals surface area contributed by atoms with Crippen molar-refractivity contribution < 1.29 is 9.53 Å². The van der Waals surface area contributed by atoms with E-state index in [9.17, 15) is 4.79 Å². The Morgan fingerprint density at radius 1 is 1.44 bits per heavy atom. The summed E-state index contributed by atoms with van der Waals surface area (Å²) >= 11 is 0. The summed E-state index contributed by atoms with van der Waals surface area (Å²) in [7, 11) is 3.59. The van der Waals surface area contributed by atoms with Crippen molar-refractivity contribution in [3.8, 4) is 0 Å². The molecule has 16 heavy (non-hydrogen) atoms. The minimum absolute atomic E-state index is 0.145. The maximum absolute atomic E-state index is 11.5. The summed E-state index contributed by atoms with van der Waals surface area (Å²) in [4.78, 5) is 13.8. The third kappa shape index (κ3) is 3.76. The average molecular weight is 228 g/mol. The zero-order valence-electron chi connectivity index (χ0n) is 10.9. The Balaban J connectivity index is 2.31. The van der Waals surface area contributed by atoms with Gasteiger partial charge in [-0.05, 0) is 46.8 Å². The number of esters is 1. The van der Waals surface area contributed by atoms with Gasteiger partial charge in [0.1, 0.15) is 0 Å². The van der Waals surface area contributed by atoms with Crippen molar-refractivity contribution in [2.75, 3.05) is 33.8 Å². The molecule has 1 aliphatic heterocycles. The Morgan fingerprint density at radius 2 is 2.00 bits per heavy atom. The summed E-state index contributed by atoms with van der Waals surface area (Å²) in [6, 6.07) is 0.542. The van der Waals surface area contributed by atoms with E-state index >= 15 is 0 Å². The van der Waals surface area contributed by atoms with Crippen LogP contribution in [0.4, 0.5) is 0 Å². The van der Waals surface area contributed by atoms with Gasteiger partial charge in [-0.2, -0.15) is 0 Å². The summed E-state index contributed by atoms with van der Waals surface area (Å²) in [5.41, 5.74) is -0.432. The lowest BCUT2D eigenvalue weighted by atomic mass is 9.92. The van der Waals surface area contributed by atoms with Gasteiger partial charge in [-0.15, -0.1) is 0 Å². The normalized spacial score (nSPS) is 19.8. The Labute approximate surface area is 98.3 Å². The molecule has 94 valence electrons. The molecule has 0 atom stereocenters. The molecule has 0 aromatic rings. The van der Waals surface area contributed by atoms with E-state index in [1.165, 1.54) is 7.11 Å². The fraction of sp³-hybridized carbons (Fsp3) is 0.917. The number of nitrogens with one attached hydrogen (secondary N) is 1. The van der Waals surface area contributed by atoms with Crippen LogP contribution in [0.2, 0.25) is 0 Å². The number of hydrogen-bond donors (Lipinski definition) is 1. The van der Waals surface area contributed by atoms with Crippen LogP contribution >= 0.6 is 0 Å². The average Bonchev–Trinajstić information content (AvgIpc) is 2.27. The van der Waals surface area contributed by atoms with Gasteiger partial charge in [-0.25, -0.2) is 0 Å². The molecule has 1 saturated heterocycles. The first-order valence-electron chi connectivity index (χ1n) is 5.96. The number of carbonyl (C=O) groups is 1. The fourth-order valence-electron chi connectivity index (χ4n) is 1.96. The Bertz CT molecular complexity index is 233. The largest absolute Gasteiger partial charge is 0.469 e. The first kappa shape index (κ1) is 13.5. The van der Waals surface area contributed by atoms with Crippen LogP contribution in [0.5, 0.6) is 0 Å². The van der Waals surface area contributed by atoms with Crippen LogP contribution in [0.1, 0.15) is 26.7 Å². The molecule has 0 aliphatic carbocycles. The molecule has 4 heteroatoms. The monoisotopic (exact) mass is 228 g/mol. The van der Waals surface area contributed by atoms with Gasteiger partial charge in [0.15, 0.2) is 0 Å². The third-order valence-corrected chi connectivity index (χ3v) is 3.29. The molecule has 0 saturated carbocycles. The number of rotatable bonds is 4. The quantitative estimate of drug-likeness (QED) is 0.725. The molecule has 0 radical (unpaired) electrons. The predicted molar refractivity (Wildman–Crippen MR) is 64.3 cm³/mol. The molecule has 0 amide bonds. The smallest absolute Gasteiger partial charge is 0.312 e. The van der Waals surface area contributed by atoms with Gasteiger partial charge in [0.2, 0.25) is 0 Å². The van der Waals surface area contributed by atoms with E-state index in [4.69, 9.17) is 4.74 Å². The highest BCUT2D eigenvalue weighted by atomic mass is 16.5. The summed E-state index contributed by atoms with van der Waals surface area (Å²) in [5, 5.41) is 3.47. The van der Waals surface area contributed by atoms with Gasteiger partial charge in [0, 0.05) is 12.6 Å². The number of carbonyl (C=O) groups excluding carboxylic acids is 1. The first-order valence-corrected chi connectivity index (χ1v) is 5.96. The SMILES string of the molecule is COC(=O)C(C)(C)CNC1CCN(C)CC1. The molecule has 0 aromatic heterocycles.